The highest BCUT2D eigenvalue weighted by atomic mass is 14.9. The van der Waals surface area contributed by atoms with Crippen molar-refractivity contribution in [1.29, 1.82) is 0 Å². The van der Waals surface area contributed by atoms with Crippen LogP contribution in [0.4, 0.5) is 5.69 Å². The van der Waals surface area contributed by atoms with Gasteiger partial charge in [-0.3, -0.25) is 0 Å². The van der Waals surface area contributed by atoms with Crippen molar-refractivity contribution in [2.75, 3.05) is 18.4 Å². The Kier molecular flexibility index (Phi) is 9.14. The molecule has 0 radical (unpaired) electrons. The molecule has 1 heterocycles. The lowest BCUT2D eigenvalue weighted by molar-refractivity contribution is 0.612. The summed E-state index contributed by atoms with van der Waals surface area (Å²) in [4.78, 5) is 0. The third kappa shape index (κ3) is 5.96. The predicted molar refractivity (Wildman–Crippen MR) is 90.4 cm³/mol. The Hall–Kier alpha value is -1.02. The van der Waals surface area contributed by atoms with E-state index in [9.17, 15) is 0 Å². The van der Waals surface area contributed by atoms with E-state index >= 15 is 0 Å². The summed E-state index contributed by atoms with van der Waals surface area (Å²) < 4.78 is 0. The summed E-state index contributed by atoms with van der Waals surface area (Å²) in [5, 5.41) is 3.40. The fourth-order valence-corrected chi connectivity index (χ4v) is 2.65. The smallest absolute Gasteiger partial charge is 0.0376 e. The van der Waals surface area contributed by atoms with E-state index in [-0.39, 0.29) is 0 Å². The number of nitrogens with two attached hydrogens (primary N) is 1. The first-order valence-corrected chi connectivity index (χ1v) is 8.36. The summed E-state index contributed by atoms with van der Waals surface area (Å²) in [5.41, 5.74) is 8.17. The second-order valence-corrected chi connectivity index (χ2v) is 5.63. The summed E-state index contributed by atoms with van der Waals surface area (Å²) in [5.74, 6) is 0.742. The van der Waals surface area contributed by atoms with Gasteiger partial charge >= 0.3 is 0 Å². The van der Waals surface area contributed by atoms with Crippen molar-refractivity contribution < 1.29 is 0 Å². The van der Waals surface area contributed by atoms with Crippen LogP contribution in [0.15, 0.2) is 24.3 Å². The molecule has 2 nitrogen and oxygen atoms in total. The van der Waals surface area contributed by atoms with Gasteiger partial charge in [0.1, 0.15) is 0 Å². The van der Waals surface area contributed by atoms with Crippen LogP contribution < -0.4 is 11.1 Å². The number of para-hydroxylation sites is 1. The van der Waals surface area contributed by atoms with Gasteiger partial charge in [-0.15, -0.1) is 0 Å². The Balaban J connectivity index is 0.000000206. The highest BCUT2D eigenvalue weighted by Crippen LogP contribution is 2.32. The van der Waals surface area contributed by atoms with Crippen molar-refractivity contribution in [3.05, 3.63) is 29.8 Å². The van der Waals surface area contributed by atoms with Gasteiger partial charge in [0.05, 0.1) is 0 Å². The van der Waals surface area contributed by atoms with Crippen molar-refractivity contribution in [3.63, 3.8) is 0 Å². The highest BCUT2D eigenvalue weighted by Gasteiger charge is 2.18. The standard InChI is InChI=1S/C10H13N.C8H19N/c1-2-8-7-11-10-6-4-3-5-9(8)10;1-2-3-4-5-6-7-8-9/h3-6,8,11H,2,7H2,1H3;2-9H2,1H3. The van der Waals surface area contributed by atoms with Gasteiger partial charge < -0.3 is 11.1 Å². The fraction of sp³-hybridized carbons (Fsp3) is 0.667. The van der Waals surface area contributed by atoms with Crippen LogP contribution in [0.3, 0.4) is 0 Å². The van der Waals surface area contributed by atoms with E-state index < -0.39 is 0 Å². The number of anilines is 1. The van der Waals surface area contributed by atoms with Crippen LogP contribution in [0.2, 0.25) is 0 Å². The number of fused-ring (bicyclic) bond motifs is 1. The molecule has 0 spiro atoms. The molecule has 1 atom stereocenters. The summed E-state index contributed by atoms with van der Waals surface area (Å²) in [6, 6.07) is 8.59. The quantitative estimate of drug-likeness (QED) is 0.694. The molecule has 2 heteroatoms. The van der Waals surface area contributed by atoms with E-state index in [1.165, 1.54) is 56.2 Å². The molecule has 1 unspecified atom stereocenters. The SMILES string of the molecule is CCC1CNc2ccccc21.CCCCCCCCN. The molecule has 0 amide bonds. The Morgan fingerprint density at radius 3 is 2.45 bits per heavy atom. The van der Waals surface area contributed by atoms with E-state index in [1.807, 2.05) is 0 Å². The van der Waals surface area contributed by atoms with Crippen molar-refractivity contribution in [3.8, 4) is 0 Å². The molecule has 0 bridgehead atoms. The van der Waals surface area contributed by atoms with E-state index in [1.54, 1.807) is 0 Å². The molecule has 1 aromatic carbocycles. The minimum absolute atomic E-state index is 0.742. The molecule has 1 aliphatic heterocycles. The fourth-order valence-electron chi connectivity index (χ4n) is 2.65. The van der Waals surface area contributed by atoms with Crippen molar-refractivity contribution in [2.24, 2.45) is 5.73 Å². The number of rotatable bonds is 7. The van der Waals surface area contributed by atoms with E-state index in [0.29, 0.717) is 0 Å². The molecule has 1 aliphatic rings. The first-order chi connectivity index (χ1) is 9.83. The van der Waals surface area contributed by atoms with Crippen LogP contribution in [0, 0.1) is 0 Å². The summed E-state index contributed by atoms with van der Waals surface area (Å²) in [6.07, 6.45) is 9.29. The van der Waals surface area contributed by atoms with Crippen LogP contribution in [-0.2, 0) is 0 Å². The molecule has 0 aromatic heterocycles. The molecule has 0 saturated heterocycles. The molecular formula is C18H32N2. The number of benzene rings is 1. The molecule has 20 heavy (non-hydrogen) atoms. The van der Waals surface area contributed by atoms with Gasteiger partial charge in [-0.25, -0.2) is 0 Å². The maximum absolute atomic E-state index is 5.34. The zero-order chi connectivity index (χ0) is 14.6. The molecule has 3 N–H and O–H groups in total. The zero-order valence-corrected chi connectivity index (χ0v) is 13.3. The maximum Gasteiger partial charge on any atom is 0.0376 e. The molecule has 114 valence electrons. The number of hydrogen-bond donors (Lipinski definition) is 2. The third-order valence-electron chi connectivity index (χ3n) is 3.99. The van der Waals surface area contributed by atoms with Gasteiger partial charge in [-0.2, -0.15) is 0 Å². The minimum atomic E-state index is 0.742. The average molecular weight is 276 g/mol. The predicted octanol–water partition coefficient (Wildman–Crippen LogP) is 4.91. The van der Waals surface area contributed by atoms with Gasteiger partial charge in [0.2, 0.25) is 0 Å². The maximum atomic E-state index is 5.34. The topological polar surface area (TPSA) is 38.0 Å². The summed E-state index contributed by atoms with van der Waals surface area (Å²) in [6.45, 7) is 6.47. The second-order valence-electron chi connectivity index (χ2n) is 5.63. The largest absolute Gasteiger partial charge is 0.384 e. The monoisotopic (exact) mass is 276 g/mol. The van der Waals surface area contributed by atoms with Crippen LogP contribution in [0.25, 0.3) is 0 Å². The van der Waals surface area contributed by atoms with Crippen molar-refractivity contribution >= 4 is 5.69 Å². The minimum Gasteiger partial charge on any atom is -0.384 e. The molecule has 2 rings (SSSR count). The zero-order valence-electron chi connectivity index (χ0n) is 13.3. The van der Waals surface area contributed by atoms with Crippen LogP contribution in [0.5, 0.6) is 0 Å². The van der Waals surface area contributed by atoms with Crippen LogP contribution in [-0.4, -0.2) is 13.1 Å². The Bertz CT molecular complexity index is 343. The van der Waals surface area contributed by atoms with E-state index in [4.69, 9.17) is 5.73 Å². The summed E-state index contributed by atoms with van der Waals surface area (Å²) in [7, 11) is 0. The molecular weight excluding hydrogens is 244 g/mol. The lowest BCUT2D eigenvalue weighted by Gasteiger charge is -2.04. The second kappa shape index (κ2) is 10.7. The Labute approximate surface area is 125 Å². The van der Waals surface area contributed by atoms with Crippen molar-refractivity contribution in [2.45, 2.75) is 64.7 Å². The normalized spacial score (nSPS) is 16.1. The lowest BCUT2D eigenvalue weighted by Crippen LogP contribution is -1.99. The highest BCUT2D eigenvalue weighted by molar-refractivity contribution is 5.57. The van der Waals surface area contributed by atoms with Gasteiger partial charge in [0.25, 0.3) is 0 Å². The van der Waals surface area contributed by atoms with Crippen LogP contribution >= 0.6 is 0 Å². The molecule has 1 aromatic rings. The van der Waals surface area contributed by atoms with E-state index in [2.05, 4.69) is 43.4 Å². The molecule has 0 fully saturated rings. The van der Waals surface area contributed by atoms with E-state index in [0.717, 1.165) is 19.0 Å². The number of nitrogens with one attached hydrogen (secondary N) is 1. The molecule has 0 aliphatic carbocycles. The van der Waals surface area contributed by atoms with Gasteiger partial charge in [-0.1, -0.05) is 64.2 Å². The first kappa shape index (κ1) is 17.0. The van der Waals surface area contributed by atoms with Gasteiger partial charge in [0, 0.05) is 18.2 Å². The Morgan fingerprint density at radius 1 is 1.05 bits per heavy atom. The first-order valence-electron chi connectivity index (χ1n) is 8.36. The van der Waals surface area contributed by atoms with Crippen LogP contribution in [0.1, 0.15) is 70.3 Å². The Morgan fingerprint density at radius 2 is 1.75 bits per heavy atom. The summed E-state index contributed by atoms with van der Waals surface area (Å²) >= 11 is 0. The third-order valence-corrected chi connectivity index (χ3v) is 3.99. The lowest BCUT2D eigenvalue weighted by atomic mass is 9.99. The number of unbranched alkanes of at least 4 members (excludes halogenated alkanes) is 5. The van der Waals surface area contributed by atoms with Crippen molar-refractivity contribution in [1.82, 2.24) is 0 Å². The molecule has 0 saturated carbocycles. The van der Waals surface area contributed by atoms with Gasteiger partial charge in [-0.05, 0) is 31.0 Å². The number of hydrogen-bond acceptors (Lipinski definition) is 2. The van der Waals surface area contributed by atoms with Gasteiger partial charge in [0.15, 0.2) is 0 Å². The average Bonchev–Trinajstić information content (AvgIpc) is 2.91.